The van der Waals surface area contributed by atoms with Gasteiger partial charge in [0.1, 0.15) is 5.38 Å². The normalized spacial score (nSPS) is 41.8. The average Bonchev–Trinajstić information content (AvgIpc) is 2.07. The fourth-order valence-corrected chi connectivity index (χ4v) is 2.62. The number of rotatable bonds is 0. The van der Waals surface area contributed by atoms with Gasteiger partial charge in [-0.25, -0.2) is 0 Å². The number of carbonyl (C=O) groups is 1. The van der Waals surface area contributed by atoms with Crippen molar-refractivity contribution in [2.75, 3.05) is 0 Å². The smallest absolute Gasteiger partial charge is 0.238 e. The third-order valence-corrected chi connectivity index (χ3v) is 3.41. The third-order valence-electron chi connectivity index (χ3n) is 3.03. The van der Waals surface area contributed by atoms with Gasteiger partial charge in [0.05, 0.1) is 0 Å². The molecule has 1 amide bonds. The molecular weight excluding hydrogens is 174 g/mol. The molecule has 3 heteroatoms. The van der Waals surface area contributed by atoms with Crippen LogP contribution in [0.3, 0.4) is 0 Å². The van der Waals surface area contributed by atoms with E-state index in [1.165, 1.54) is 19.3 Å². The number of halogens is 1. The Hall–Kier alpha value is -0.240. The van der Waals surface area contributed by atoms with E-state index < -0.39 is 0 Å². The summed E-state index contributed by atoms with van der Waals surface area (Å²) in [6.07, 6.45) is 5.85. The number of amides is 1. The van der Waals surface area contributed by atoms with E-state index in [9.17, 15) is 4.79 Å². The zero-order valence-corrected chi connectivity index (χ0v) is 7.81. The molecule has 0 aromatic carbocycles. The Morgan fingerprint density at radius 1 is 1.33 bits per heavy atom. The Kier molecular flexibility index (Phi) is 2.26. The maximum absolute atomic E-state index is 11.2. The lowest BCUT2D eigenvalue weighted by Crippen LogP contribution is -2.51. The number of nitrogens with one attached hydrogen (secondary N) is 1. The van der Waals surface area contributed by atoms with E-state index in [-0.39, 0.29) is 11.3 Å². The number of piperidine rings is 1. The molecule has 3 atom stereocenters. The molecule has 0 bridgehead atoms. The predicted octanol–water partition coefficient (Wildman–Crippen LogP) is 1.67. The monoisotopic (exact) mass is 187 g/mol. The summed E-state index contributed by atoms with van der Waals surface area (Å²) in [4.78, 5) is 11.2. The largest absolute Gasteiger partial charge is 0.352 e. The number of alkyl halides is 1. The quantitative estimate of drug-likeness (QED) is 0.575. The van der Waals surface area contributed by atoms with Crippen molar-refractivity contribution in [3.63, 3.8) is 0 Å². The number of hydrogen-bond donors (Lipinski definition) is 1. The first-order valence-electron chi connectivity index (χ1n) is 4.72. The van der Waals surface area contributed by atoms with Crippen molar-refractivity contribution in [3.8, 4) is 0 Å². The zero-order valence-electron chi connectivity index (χ0n) is 7.05. The molecule has 68 valence electrons. The molecule has 0 radical (unpaired) electrons. The Balaban J connectivity index is 2.02. The average molecular weight is 188 g/mol. The summed E-state index contributed by atoms with van der Waals surface area (Å²) in [5, 5.41) is 2.72. The Labute approximate surface area is 77.7 Å². The van der Waals surface area contributed by atoms with Crippen LogP contribution in [0.25, 0.3) is 0 Å². The standard InChI is InChI=1S/C9H14ClNO/c10-7-5-6-3-1-2-4-8(6)11-9(7)12/h6-8H,1-5H2,(H,11,12)/t6-,7-,8-/m1/s1. The van der Waals surface area contributed by atoms with Crippen LogP contribution in [0.15, 0.2) is 0 Å². The van der Waals surface area contributed by atoms with Gasteiger partial charge in [0, 0.05) is 6.04 Å². The summed E-state index contributed by atoms with van der Waals surface area (Å²) in [5.74, 6) is 0.693. The maximum atomic E-state index is 11.2. The highest BCUT2D eigenvalue weighted by Gasteiger charge is 2.35. The summed E-state index contributed by atoms with van der Waals surface area (Å²) in [7, 11) is 0. The molecule has 1 saturated carbocycles. The number of carbonyl (C=O) groups excluding carboxylic acids is 1. The minimum absolute atomic E-state index is 0.0415. The second-order valence-corrected chi connectivity index (χ2v) is 4.39. The molecule has 1 aliphatic heterocycles. The lowest BCUT2D eigenvalue weighted by atomic mass is 9.79. The lowest BCUT2D eigenvalue weighted by Gasteiger charge is -2.37. The van der Waals surface area contributed by atoms with Crippen molar-refractivity contribution in [1.29, 1.82) is 0 Å². The van der Waals surface area contributed by atoms with Crippen molar-refractivity contribution < 1.29 is 4.79 Å². The van der Waals surface area contributed by atoms with Crippen LogP contribution in [-0.4, -0.2) is 17.3 Å². The summed E-state index contributed by atoms with van der Waals surface area (Å²) < 4.78 is 0. The summed E-state index contributed by atoms with van der Waals surface area (Å²) in [6, 6.07) is 0.432. The molecule has 12 heavy (non-hydrogen) atoms. The van der Waals surface area contributed by atoms with Gasteiger partial charge in [0.2, 0.25) is 5.91 Å². The molecule has 1 N–H and O–H groups in total. The Bertz CT molecular complexity index is 195. The van der Waals surface area contributed by atoms with Crippen LogP contribution >= 0.6 is 11.6 Å². The van der Waals surface area contributed by atoms with Crippen LogP contribution in [0.2, 0.25) is 0 Å². The molecule has 2 fully saturated rings. The first-order valence-corrected chi connectivity index (χ1v) is 5.15. The van der Waals surface area contributed by atoms with E-state index in [1.54, 1.807) is 0 Å². The van der Waals surface area contributed by atoms with Gasteiger partial charge < -0.3 is 5.32 Å². The Morgan fingerprint density at radius 3 is 2.92 bits per heavy atom. The van der Waals surface area contributed by atoms with Gasteiger partial charge in [0.15, 0.2) is 0 Å². The van der Waals surface area contributed by atoms with Gasteiger partial charge >= 0.3 is 0 Å². The van der Waals surface area contributed by atoms with Crippen molar-refractivity contribution in [2.45, 2.75) is 43.5 Å². The first kappa shape index (κ1) is 8.36. The van der Waals surface area contributed by atoms with Gasteiger partial charge in [0.25, 0.3) is 0 Å². The molecule has 0 aromatic rings. The maximum Gasteiger partial charge on any atom is 0.238 e. The van der Waals surface area contributed by atoms with Gasteiger partial charge in [-0.15, -0.1) is 11.6 Å². The van der Waals surface area contributed by atoms with Crippen LogP contribution in [0.1, 0.15) is 32.1 Å². The predicted molar refractivity (Wildman–Crippen MR) is 48.1 cm³/mol. The fraction of sp³-hybridized carbons (Fsp3) is 0.889. The second-order valence-electron chi connectivity index (χ2n) is 3.86. The first-order chi connectivity index (χ1) is 5.77. The molecule has 2 aliphatic rings. The number of fused-ring (bicyclic) bond motifs is 1. The van der Waals surface area contributed by atoms with Crippen molar-refractivity contribution >= 4 is 17.5 Å². The highest BCUT2D eigenvalue weighted by molar-refractivity contribution is 6.30. The van der Waals surface area contributed by atoms with Crippen LogP contribution < -0.4 is 5.32 Å². The van der Waals surface area contributed by atoms with E-state index in [0.29, 0.717) is 12.0 Å². The van der Waals surface area contributed by atoms with Crippen LogP contribution in [0.4, 0.5) is 0 Å². The molecule has 1 heterocycles. The van der Waals surface area contributed by atoms with E-state index in [4.69, 9.17) is 11.6 Å². The van der Waals surface area contributed by atoms with E-state index >= 15 is 0 Å². The lowest BCUT2D eigenvalue weighted by molar-refractivity contribution is -0.124. The van der Waals surface area contributed by atoms with E-state index in [2.05, 4.69) is 5.32 Å². The van der Waals surface area contributed by atoms with Crippen LogP contribution in [0.5, 0.6) is 0 Å². The Morgan fingerprint density at radius 2 is 2.08 bits per heavy atom. The molecule has 0 aromatic heterocycles. The van der Waals surface area contributed by atoms with Crippen LogP contribution in [0, 0.1) is 5.92 Å². The van der Waals surface area contributed by atoms with Crippen molar-refractivity contribution in [3.05, 3.63) is 0 Å². The minimum atomic E-state index is -0.274. The van der Waals surface area contributed by atoms with Gasteiger partial charge in [-0.2, -0.15) is 0 Å². The fourth-order valence-electron chi connectivity index (χ4n) is 2.33. The SMILES string of the molecule is O=C1N[C@@H]2CCCC[C@@H]2C[C@H]1Cl. The van der Waals surface area contributed by atoms with Crippen LogP contribution in [-0.2, 0) is 4.79 Å². The highest BCUT2D eigenvalue weighted by Crippen LogP contribution is 2.32. The summed E-state index contributed by atoms with van der Waals surface area (Å²) in [5.41, 5.74) is 0. The second kappa shape index (κ2) is 3.25. The number of hydrogen-bond acceptors (Lipinski definition) is 1. The minimum Gasteiger partial charge on any atom is -0.352 e. The summed E-state index contributed by atoms with van der Waals surface area (Å²) in [6.45, 7) is 0. The zero-order chi connectivity index (χ0) is 8.55. The molecule has 1 aliphatic carbocycles. The van der Waals surface area contributed by atoms with Gasteiger partial charge in [-0.1, -0.05) is 12.8 Å². The van der Waals surface area contributed by atoms with E-state index in [0.717, 1.165) is 12.8 Å². The van der Waals surface area contributed by atoms with Gasteiger partial charge in [-0.3, -0.25) is 4.79 Å². The third kappa shape index (κ3) is 1.45. The molecule has 0 spiro atoms. The van der Waals surface area contributed by atoms with Crippen molar-refractivity contribution in [1.82, 2.24) is 5.32 Å². The topological polar surface area (TPSA) is 29.1 Å². The van der Waals surface area contributed by atoms with Gasteiger partial charge in [-0.05, 0) is 25.2 Å². The van der Waals surface area contributed by atoms with Crippen molar-refractivity contribution in [2.24, 2.45) is 5.92 Å². The van der Waals surface area contributed by atoms with E-state index in [1.807, 2.05) is 0 Å². The molecule has 2 nitrogen and oxygen atoms in total. The molecule has 0 unspecified atom stereocenters. The molecule has 2 rings (SSSR count). The molecule has 1 saturated heterocycles. The summed E-state index contributed by atoms with van der Waals surface area (Å²) >= 11 is 5.87. The highest BCUT2D eigenvalue weighted by atomic mass is 35.5. The molecular formula is C9H14ClNO.